The zero-order valence-electron chi connectivity index (χ0n) is 5.07. The number of allylic oxidation sites excluding steroid dienone is 2. The highest BCUT2D eigenvalue weighted by Crippen LogP contribution is 2.59. The van der Waals surface area contributed by atoms with E-state index in [0.29, 0.717) is 0 Å². The second-order valence-corrected chi connectivity index (χ2v) is 4.02. The summed E-state index contributed by atoms with van der Waals surface area (Å²) in [7, 11) is -3.63. The van der Waals surface area contributed by atoms with Crippen LogP contribution < -0.4 is 10.3 Å². The predicted molar refractivity (Wildman–Crippen MR) is 34.4 cm³/mol. The third kappa shape index (κ3) is 0.959. The van der Waals surface area contributed by atoms with Gasteiger partial charge in [0.2, 0.25) is 22.0 Å². The van der Waals surface area contributed by atoms with E-state index in [2.05, 4.69) is 0 Å². The molecule has 11 heavy (non-hydrogen) atoms. The fraction of sp³-hybridized carbons (Fsp3) is 0. The average Bonchev–Trinajstić information content (AvgIpc) is 2.06. The molecule has 0 saturated carbocycles. The monoisotopic (exact) mass is 188 g/mol. The van der Waals surface area contributed by atoms with Crippen LogP contribution in [0.4, 0.5) is 17.6 Å². The van der Waals surface area contributed by atoms with Crippen molar-refractivity contribution in [2.45, 2.75) is 0 Å². The maximum atomic E-state index is 12.4. The van der Waals surface area contributed by atoms with Gasteiger partial charge in [0.1, 0.15) is 0 Å². The average molecular weight is 188 g/mol. The minimum absolute atomic E-state index is 1.74. The molecule has 0 amide bonds. The Morgan fingerprint density at radius 3 is 1.18 bits per heavy atom. The van der Waals surface area contributed by atoms with Gasteiger partial charge in [0.05, 0.1) is 0 Å². The fourth-order valence-electron chi connectivity index (χ4n) is 0.548. The quantitative estimate of drug-likeness (QED) is 0.569. The summed E-state index contributed by atoms with van der Waals surface area (Å²) in [6.45, 7) is 0. The summed E-state index contributed by atoms with van der Waals surface area (Å²) in [5.74, 6) is -3.86. The van der Waals surface area contributed by atoms with Crippen molar-refractivity contribution in [3.63, 3.8) is 0 Å². The van der Waals surface area contributed by atoms with Crippen molar-refractivity contribution < 1.29 is 17.6 Å². The molecule has 0 bridgehead atoms. The highest BCUT2D eigenvalue weighted by atomic mass is 32.3. The van der Waals surface area contributed by atoms with Crippen molar-refractivity contribution in [2.75, 3.05) is 0 Å². The second kappa shape index (κ2) is 2.23. The van der Waals surface area contributed by atoms with Crippen LogP contribution >= 0.6 is 10.4 Å². The van der Waals surface area contributed by atoms with Crippen LogP contribution in [0, 0.1) is 0 Å². The van der Waals surface area contributed by atoms with Crippen LogP contribution in [0.2, 0.25) is 0 Å². The molecule has 7 heteroatoms. The molecule has 0 aromatic heterocycles. The van der Waals surface area contributed by atoms with Crippen molar-refractivity contribution in [2.24, 2.45) is 10.3 Å². The molecular formula is C4H4F4N2S. The van der Waals surface area contributed by atoms with Crippen LogP contribution in [0.1, 0.15) is 0 Å². The van der Waals surface area contributed by atoms with E-state index >= 15 is 0 Å². The maximum absolute atomic E-state index is 12.4. The standard InChI is InChI=1S/C4H4F4N2S/c5-1-2(6)4(8)11(9,10)3(1)7/h9-10H2. The van der Waals surface area contributed by atoms with Gasteiger partial charge in [-0.25, -0.2) is 0 Å². The van der Waals surface area contributed by atoms with Crippen LogP contribution in [-0.2, 0) is 0 Å². The van der Waals surface area contributed by atoms with E-state index in [0.717, 1.165) is 0 Å². The molecule has 0 saturated heterocycles. The van der Waals surface area contributed by atoms with Gasteiger partial charge in [-0.05, 0) is 10.4 Å². The Hall–Kier alpha value is -0.530. The first-order valence-electron chi connectivity index (χ1n) is 2.39. The van der Waals surface area contributed by atoms with Crippen LogP contribution in [0.15, 0.2) is 22.0 Å². The molecule has 0 radical (unpaired) electrons. The summed E-state index contributed by atoms with van der Waals surface area (Å²) in [5, 5.41) is 6.04. The van der Waals surface area contributed by atoms with E-state index in [1.54, 1.807) is 0 Å². The highest BCUT2D eigenvalue weighted by Gasteiger charge is 2.41. The molecule has 2 nitrogen and oxygen atoms in total. The summed E-state index contributed by atoms with van der Waals surface area (Å²) in [6, 6.07) is 0. The molecule has 0 aromatic carbocycles. The Balaban J connectivity index is 3.27. The third-order valence-electron chi connectivity index (χ3n) is 1.13. The zero-order valence-corrected chi connectivity index (χ0v) is 5.89. The van der Waals surface area contributed by atoms with E-state index < -0.39 is 32.4 Å². The minimum Gasteiger partial charge on any atom is -0.272 e. The first kappa shape index (κ1) is 8.57. The van der Waals surface area contributed by atoms with E-state index in [1.165, 1.54) is 0 Å². The summed E-state index contributed by atoms with van der Waals surface area (Å²) in [6.07, 6.45) is 0. The lowest BCUT2D eigenvalue weighted by Crippen LogP contribution is -2.18. The molecule has 0 fully saturated rings. The van der Waals surface area contributed by atoms with Crippen molar-refractivity contribution in [3.8, 4) is 0 Å². The second-order valence-electron chi connectivity index (χ2n) is 1.88. The van der Waals surface area contributed by atoms with Gasteiger partial charge in [-0.15, -0.1) is 0 Å². The van der Waals surface area contributed by atoms with Gasteiger partial charge >= 0.3 is 0 Å². The normalized spacial score (nSPS) is 26.4. The molecule has 0 aromatic rings. The van der Waals surface area contributed by atoms with Crippen LogP contribution in [0.25, 0.3) is 0 Å². The number of nitrogens with two attached hydrogens (primary N) is 2. The Kier molecular flexibility index (Phi) is 1.73. The third-order valence-corrected chi connectivity index (χ3v) is 2.68. The molecule has 4 N–H and O–H groups in total. The molecule has 0 spiro atoms. The first-order valence-corrected chi connectivity index (χ1v) is 4.14. The Morgan fingerprint density at radius 1 is 0.818 bits per heavy atom. The van der Waals surface area contributed by atoms with E-state index in [-0.39, 0.29) is 0 Å². The predicted octanol–water partition coefficient (Wildman–Crippen LogP) is 1.77. The van der Waals surface area contributed by atoms with E-state index in [9.17, 15) is 17.6 Å². The van der Waals surface area contributed by atoms with Gasteiger partial charge in [0, 0.05) is 0 Å². The van der Waals surface area contributed by atoms with Crippen LogP contribution in [0.3, 0.4) is 0 Å². The van der Waals surface area contributed by atoms with E-state index in [1.807, 2.05) is 0 Å². The lowest BCUT2D eigenvalue weighted by atomic mass is 10.5. The minimum atomic E-state index is -3.63. The SMILES string of the molecule is NS1(N)C(F)=C(F)C(F)=C1F. The number of rotatable bonds is 0. The van der Waals surface area contributed by atoms with Crippen molar-refractivity contribution >= 4 is 10.4 Å². The van der Waals surface area contributed by atoms with Gasteiger partial charge in [-0.1, -0.05) is 0 Å². The molecule has 1 rings (SSSR count). The fourth-order valence-corrected chi connectivity index (χ4v) is 1.48. The molecule has 0 atom stereocenters. The summed E-state index contributed by atoms with van der Waals surface area (Å²) in [4.78, 5) is 0. The largest absolute Gasteiger partial charge is 0.272 e. The number of hydrogen-bond donors (Lipinski definition) is 2. The number of halogens is 4. The van der Waals surface area contributed by atoms with Crippen molar-refractivity contribution in [1.82, 2.24) is 0 Å². The highest BCUT2D eigenvalue weighted by molar-refractivity contribution is 8.36. The van der Waals surface area contributed by atoms with Crippen LogP contribution in [0.5, 0.6) is 0 Å². The zero-order chi connectivity index (χ0) is 8.81. The van der Waals surface area contributed by atoms with Gasteiger partial charge in [0.25, 0.3) is 0 Å². The maximum Gasteiger partial charge on any atom is 0.209 e. The summed E-state index contributed by atoms with van der Waals surface area (Å²) < 4.78 is 49.0. The lowest BCUT2D eigenvalue weighted by molar-refractivity contribution is 0.501. The van der Waals surface area contributed by atoms with Crippen molar-refractivity contribution in [1.29, 1.82) is 0 Å². The first-order chi connectivity index (χ1) is 4.89. The molecular weight excluding hydrogens is 184 g/mol. The molecule has 1 heterocycles. The van der Waals surface area contributed by atoms with Gasteiger partial charge in [-0.3, -0.25) is 10.3 Å². The van der Waals surface area contributed by atoms with Gasteiger partial charge < -0.3 is 0 Å². The van der Waals surface area contributed by atoms with Gasteiger partial charge in [-0.2, -0.15) is 17.6 Å². The molecule has 0 aliphatic carbocycles. The smallest absolute Gasteiger partial charge is 0.209 e. The topological polar surface area (TPSA) is 52.0 Å². The Labute approximate surface area is 61.1 Å². The molecule has 1 aliphatic rings. The Morgan fingerprint density at radius 2 is 1.09 bits per heavy atom. The summed E-state index contributed by atoms with van der Waals surface area (Å²) in [5.41, 5.74) is 0. The van der Waals surface area contributed by atoms with Gasteiger partial charge in [0.15, 0.2) is 0 Å². The summed E-state index contributed by atoms with van der Waals surface area (Å²) >= 11 is 0. The van der Waals surface area contributed by atoms with Crippen LogP contribution in [-0.4, -0.2) is 0 Å². The molecule has 64 valence electrons. The lowest BCUT2D eigenvalue weighted by Gasteiger charge is -2.20. The van der Waals surface area contributed by atoms with Crippen molar-refractivity contribution in [3.05, 3.63) is 22.0 Å². The van der Waals surface area contributed by atoms with E-state index in [4.69, 9.17) is 10.3 Å². The number of hydrogen-bond acceptors (Lipinski definition) is 2. The molecule has 1 aliphatic heterocycles. The molecule has 0 unspecified atom stereocenters. The Bertz CT molecular complexity index is 243.